The van der Waals surface area contributed by atoms with Crippen LogP contribution in [0, 0.1) is 23.6 Å². The van der Waals surface area contributed by atoms with Gasteiger partial charge in [0.25, 0.3) is 0 Å². The van der Waals surface area contributed by atoms with Crippen molar-refractivity contribution in [3.05, 3.63) is 35.6 Å². The van der Waals surface area contributed by atoms with Crippen molar-refractivity contribution in [3.63, 3.8) is 0 Å². The molecule has 0 spiro atoms. The van der Waals surface area contributed by atoms with Crippen molar-refractivity contribution < 1.29 is 4.39 Å². The summed E-state index contributed by atoms with van der Waals surface area (Å²) in [5.41, 5.74) is 3.97. The summed E-state index contributed by atoms with van der Waals surface area (Å²) in [7, 11) is 0. The SMILES string of the molecule is NNC(Cc1cccc(F)c1)C1CC2CC2C1. The molecule has 3 rings (SSSR count). The first-order chi connectivity index (χ1) is 8.26. The van der Waals surface area contributed by atoms with Gasteiger partial charge in [-0.2, -0.15) is 0 Å². The molecule has 2 aliphatic rings. The largest absolute Gasteiger partial charge is 0.271 e. The van der Waals surface area contributed by atoms with E-state index in [4.69, 9.17) is 5.84 Å². The molecule has 0 radical (unpaired) electrons. The van der Waals surface area contributed by atoms with Crippen LogP contribution >= 0.6 is 0 Å². The molecule has 3 atom stereocenters. The molecular formula is C14H19FN2. The molecule has 2 aliphatic carbocycles. The Balaban J connectivity index is 1.65. The molecule has 2 nitrogen and oxygen atoms in total. The van der Waals surface area contributed by atoms with Gasteiger partial charge in [0.2, 0.25) is 0 Å². The van der Waals surface area contributed by atoms with Crippen molar-refractivity contribution >= 4 is 0 Å². The highest BCUT2D eigenvalue weighted by Gasteiger charge is 2.47. The summed E-state index contributed by atoms with van der Waals surface area (Å²) in [5.74, 6) is 8.09. The Kier molecular flexibility index (Phi) is 2.89. The molecule has 0 bridgehead atoms. The standard InChI is InChI=1S/C14H19FN2/c15-13-3-1-2-9(4-13)5-14(17-16)12-7-10-6-11(10)8-12/h1-4,10-12,14,17H,5-8,16H2. The first-order valence-corrected chi connectivity index (χ1v) is 6.47. The topological polar surface area (TPSA) is 38.0 Å². The van der Waals surface area contributed by atoms with Gasteiger partial charge in [0.05, 0.1) is 0 Å². The normalized spacial score (nSPS) is 32.2. The lowest BCUT2D eigenvalue weighted by molar-refractivity contribution is 0.335. The second-order valence-electron chi connectivity index (χ2n) is 5.59. The van der Waals surface area contributed by atoms with E-state index in [2.05, 4.69) is 5.43 Å². The van der Waals surface area contributed by atoms with Gasteiger partial charge in [-0.3, -0.25) is 11.3 Å². The third-order valence-corrected chi connectivity index (χ3v) is 4.41. The van der Waals surface area contributed by atoms with Crippen LogP contribution < -0.4 is 11.3 Å². The average Bonchev–Trinajstić information content (AvgIpc) is 2.93. The summed E-state index contributed by atoms with van der Waals surface area (Å²) < 4.78 is 13.1. The number of benzene rings is 1. The molecule has 17 heavy (non-hydrogen) atoms. The van der Waals surface area contributed by atoms with E-state index in [0.29, 0.717) is 12.0 Å². The van der Waals surface area contributed by atoms with E-state index in [0.717, 1.165) is 23.8 Å². The van der Waals surface area contributed by atoms with Crippen LogP contribution in [0.1, 0.15) is 24.8 Å². The van der Waals surface area contributed by atoms with Crippen LogP contribution in [0.3, 0.4) is 0 Å². The van der Waals surface area contributed by atoms with Crippen molar-refractivity contribution in [3.8, 4) is 0 Å². The van der Waals surface area contributed by atoms with E-state index in [1.54, 1.807) is 12.1 Å². The molecule has 1 aromatic rings. The maximum absolute atomic E-state index is 13.1. The molecule has 3 unspecified atom stereocenters. The Morgan fingerprint density at radius 2 is 2.06 bits per heavy atom. The second-order valence-corrected chi connectivity index (χ2v) is 5.59. The number of fused-ring (bicyclic) bond motifs is 1. The molecule has 2 saturated carbocycles. The zero-order valence-corrected chi connectivity index (χ0v) is 9.90. The van der Waals surface area contributed by atoms with Crippen molar-refractivity contribution in [2.45, 2.75) is 31.7 Å². The van der Waals surface area contributed by atoms with Crippen molar-refractivity contribution in [2.24, 2.45) is 23.6 Å². The number of nitrogens with two attached hydrogens (primary N) is 1. The first-order valence-electron chi connectivity index (χ1n) is 6.47. The van der Waals surface area contributed by atoms with Crippen molar-refractivity contribution in [1.29, 1.82) is 0 Å². The smallest absolute Gasteiger partial charge is 0.123 e. The van der Waals surface area contributed by atoms with Crippen LogP contribution in [0.15, 0.2) is 24.3 Å². The maximum atomic E-state index is 13.1. The minimum Gasteiger partial charge on any atom is -0.271 e. The van der Waals surface area contributed by atoms with Gasteiger partial charge in [0.1, 0.15) is 5.82 Å². The molecular weight excluding hydrogens is 215 g/mol. The minimum atomic E-state index is -0.160. The summed E-state index contributed by atoms with van der Waals surface area (Å²) >= 11 is 0. The van der Waals surface area contributed by atoms with Crippen LogP contribution in [0.4, 0.5) is 4.39 Å². The van der Waals surface area contributed by atoms with Crippen LogP contribution in [-0.4, -0.2) is 6.04 Å². The summed E-state index contributed by atoms with van der Waals surface area (Å²) in [6.45, 7) is 0. The number of halogens is 1. The first kappa shape index (κ1) is 11.2. The molecule has 0 aromatic heterocycles. The van der Waals surface area contributed by atoms with Gasteiger partial charge < -0.3 is 0 Å². The lowest BCUT2D eigenvalue weighted by Gasteiger charge is -2.24. The van der Waals surface area contributed by atoms with Crippen LogP contribution in [0.25, 0.3) is 0 Å². The lowest BCUT2D eigenvalue weighted by atomic mass is 9.90. The van der Waals surface area contributed by atoms with Gasteiger partial charge in [0.15, 0.2) is 0 Å². The second kappa shape index (κ2) is 4.39. The van der Waals surface area contributed by atoms with Gasteiger partial charge in [-0.1, -0.05) is 12.1 Å². The number of rotatable bonds is 4. The van der Waals surface area contributed by atoms with Gasteiger partial charge >= 0.3 is 0 Å². The summed E-state index contributed by atoms with van der Waals surface area (Å²) in [4.78, 5) is 0. The van der Waals surface area contributed by atoms with Gasteiger partial charge in [-0.15, -0.1) is 0 Å². The highest BCUT2D eigenvalue weighted by Crippen LogP contribution is 2.55. The summed E-state index contributed by atoms with van der Waals surface area (Å²) in [5, 5.41) is 0. The summed E-state index contributed by atoms with van der Waals surface area (Å²) in [6.07, 6.45) is 4.86. The molecule has 0 heterocycles. The third kappa shape index (κ3) is 2.35. The number of nitrogens with one attached hydrogen (secondary N) is 1. The Bertz CT molecular complexity index is 397. The number of hydrogen-bond acceptors (Lipinski definition) is 2. The van der Waals surface area contributed by atoms with Crippen LogP contribution in [0.5, 0.6) is 0 Å². The minimum absolute atomic E-state index is 0.160. The predicted octanol–water partition coefficient (Wildman–Crippen LogP) is 2.25. The predicted molar refractivity (Wildman–Crippen MR) is 65.5 cm³/mol. The monoisotopic (exact) mass is 234 g/mol. The fourth-order valence-corrected chi connectivity index (χ4v) is 3.37. The number of hydrogen-bond donors (Lipinski definition) is 2. The Labute approximate surface area is 101 Å². The van der Waals surface area contributed by atoms with Crippen LogP contribution in [-0.2, 0) is 6.42 Å². The maximum Gasteiger partial charge on any atom is 0.123 e. The number of hydrazine groups is 1. The molecule has 3 N–H and O–H groups in total. The summed E-state index contributed by atoms with van der Waals surface area (Å²) in [6, 6.07) is 7.14. The van der Waals surface area contributed by atoms with Crippen molar-refractivity contribution in [1.82, 2.24) is 5.43 Å². The van der Waals surface area contributed by atoms with E-state index >= 15 is 0 Å². The molecule has 2 fully saturated rings. The molecule has 0 saturated heterocycles. The Hall–Kier alpha value is -0.930. The molecule has 3 heteroatoms. The van der Waals surface area contributed by atoms with Gasteiger partial charge in [-0.25, -0.2) is 4.39 Å². The van der Waals surface area contributed by atoms with E-state index in [1.165, 1.54) is 25.3 Å². The van der Waals surface area contributed by atoms with E-state index in [-0.39, 0.29) is 5.82 Å². The third-order valence-electron chi connectivity index (χ3n) is 4.41. The van der Waals surface area contributed by atoms with Gasteiger partial charge in [-0.05, 0) is 61.1 Å². The fourth-order valence-electron chi connectivity index (χ4n) is 3.37. The highest BCUT2D eigenvalue weighted by molar-refractivity contribution is 5.18. The Morgan fingerprint density at radius 3 is 2.71 bits per heavy atom. The fraction of sp³-hybridized carbons (Fsp3) is 0.571. The van der Waals surface area contributed by atoms with E-state index < -0.39 is 0 Å². The average molecular weight is 234 g/mol. The molecule has 1 aromatic carbocycles. The zero-order chi connectivity index (χ0) is 11.8. The van der Waals surface area contributed by atoms with Gasteiger partial charge in [0, 0.05) is 6.04 Å². The van der Waals surface area contributed by atoms with Crippen LogP contribution in [0.2, 0.25) is 0 Å². The highest BCUT2D eigenvalue weighted by atomic mass is 19.1. The molecule has 92 valence electrons. The van der Waals surface area contributed by atoms with E-state index in [1.807, 2.05) is 6.07 Å². The molecule has 0 aliphatic heterocycles. The quantitative estimate of drug-likeness (QED) is 0.619. The van der Waals surface area contributed by atoms with Crippen molar-refractivity contribution in [2.75, 3.05) is 0 Å². The Morgan fingerprint density at radius 1 is 1.29 bits per heavy atom. The molecule has 0 amide bonds. The van der Waals surface area contributed by atoms with E-state index in [9.17, 15) is 4.39 Å². The lowest BCUT2D eigenvalue weighted by Crippen LogP contribution is -2.42. The zero-order valence-electron chi connectivity index (χ0n) is 9.90.